The van der Waals surface area contributed by atoms with E-state index in [-0.39, 0.29) is 35.9 Å². The number of ether oxygens (including phenoxy) is 1. The van der Waals surface area contributed by atoms with E-state index in [1.165, 1.54) is 12.7 Å². The molecule has 29 heavy (non-hydrogen) atoms. The van der Waals surface area contributed by atoms with Gasteiger partial charge in [-0.2, -0.15) is 0 Å². The molecule has 2 rings (SSSR count). The van der Waals surface area contributed by atoms with Gasteiger partial charge < -0.3 is 20.3 Å². The fourth-order valence-electron chi connectivity index (χ4n) is 3.28. The number of benzene rings is 1. The molecule has 1 atom stereocenters. The smallest absolute Gasteiger partial charge is 0.305 e. The molecule has 162 valence electrons. The van der Waals surface area contributed by atoms with Crippen LogP contribution in [0.2, 0.25) is 0 Å². The van der Waals surface area contributed by atoms with Crippen molar-refractivity contribution in [2.75, 3.05) is 40.3 Å². The summed E-state index contributed by atoms with van der Waals surface area (Å²) in [5.74, 6) is 1.08. The highest BCUT2D eigenvalue weighted by Gasteiger charge is 2.29. The van der Waals surface area contributed by atoms with E-state index < -0.39 is 0 Å². The number of unbranched alkanes of at least 4 members (excludes halogenated alkanes) is 1. The van der Waals surface area contributed by atoms with Crippen molar-refractivity contribution in [3.05, 3.63) is 35.9 Å². The van der Waals surface area contributed by atoms with Crippen molar-refractivity contribution in [3.63, 3.8) is 0 Å². The monoisotopic (exact) mass is 516 g/mol. The minimum Gasteiger partial charge on any atom is -0.469 e. The number of nitrogens with one attached hydrogen (secondary N) is 2. The molecule has 1 amide bonds. The lowest BCUT2D eigenvalue weighted by Crippen LogP contribution is -2.40. The van der Waals surface area contributed by atoms with Gasteiger partial charge in [0.1, 0.15) is 0 Å². The fraction of sp³-hybridized carbons (Fsp3) is 0.571. The molecular formula is C21H33IN4O3. The topological polar surface area (TPSA) is 83.0 Å². The van der Waals surface area contributed by atoms with Crippen LogP contribution in [0.3, 0.4) is 0 Å². The van der Waals surface area contributed by atoms with Gasteiger partial charge in [-0.1, -0.05) is 30.3 Å². The van der Waals surface area contributed by atoms with E-state index in [4.69, 9.17) is 0 Å². The second-order valence-electron chi connectivity index (χ2n) is 7.06. The van der Waals surface area contributed by atoms with Crippen molar-refractivity contribution in [3.8, 4) is 0 Å². The summed E-state index contributed by atoms with van der Waals surface area (Å²) in [5.41, 5.74) is 1.26. The Morgan fingerprint density at radius 2 is 2.00 bits per heavy atom. The maximum atomic E-state index is 12.3. The van der Waals surface area contributed by atoms with Gasteiger partial charge in [0, 0.05) is 52.0 Å². The van der Waals surface area contributed by atoms with Crippen LogP contribution in [0.5, 0.6) is 0 Å². The summed E-state index contributed by atoms with van der Waals surface area (Å²) in [6, 6.07) is 10.3. The molecule has 1 unspecified atom stereocenters. The van der Waals surface area contributed by atoms with Crippen LogP contribution in [0.25, 0.3) is 0 Å². The number of carbonyl (C=O) groups is 2. The molecular weight excluding hydrogens is 483 g/mol. The zero-order valence-corrected chi connectivity index (χ0v) is 19.7. The third-order valence-corrected chi connectivity index (χ3v) is 4.92. The number of carbonyl (C=O) groups excluding carboxylic acids is 2. The Morgan fingerprint density at radius 3 is 2.69 bits per heavy atom. The van der Waals surface area contributed by atoms with Crippen molar-refractivity contribution in [2.24, 2.45) is 10.9 Å². The first-order valence-corrected chi connectivity index (χ1v) is 9.95. The summed E-state index contributed by atoms with van der Waals surface area (Å²) in [4.78, 5) is 29.5. The number of halogens is 1. The van der Waals surface area contributed by atoms with Crippen LogP contribution in [0.15, 0.2) is 35.3 Å². The van der Waals surface area contributed by atoms with Gasteiger partial charge in [-0.25, -0.2) is 0 Å². The van der Waals surface area contributed by atoms with Gasteiger partial charge in [-0.05, 0) is 24.8 Å². The summed E-state index contributed by atoms with van der Waals surface area (Å²) in [6.07, 6.45) is 3.56. The molecule has 0 saturated carbocycles. The van der Waals surface area contributed by atoms with Gasteiger partial charge in [0.15, 0.2) is 5.96 Å². The van der Waals surface area contributed by atoms with E-state index >= 15 is 0 Å². The van der Waals surface area contributed by atoms with Crippen molar-refractivity contribution in [1.29, 1.82) is 0 Å². The van der Waals surface area contributed by atoms with Gasteiger partial charge in [0.05, 0.1) is 7.11 Å². The molecule has 1 fully saturated rings. The van der Waals surface area contributed by atoms with Gasteiger partial charge >= 0.3 is 5.97 Å². The number of rotatable bonds is 10. The normalized spacial score (nSPS) is 16.3. The fourth-order valence-corrected chi connectivity index (χ4v) is 3.28. The Morgan fingerprint density at radius 1 is 1.24 bits per heavy atom. The number of aliphatic imine (C=N–C) groups is 1. The van der Waals surface area contributed by atoms with E-state index in [0.29, 0.717) is 18.8 Å². The zero-order valence-electron chi connectivity index (χ0n) is 17.4. The molecule has 1 aliphatic heterocycles. The predicted molar refractivity (Wildman–Crippen MR) is 125 cm³/mol. The van der Waals surface area contributed by atoms with Crippen molar-refractivity contribution in [1.82, 2.24) is 15.5 Å². The Kier molecular flexibility index (Phi) is 12.3. The van der Waals surface area contributed by atoms with E-state index in [1.54, 1.807) is 7.05 Å². The molecule has 1 heterocycles. The maximum Gasteiger partial charge on any atom is 0.305 e. The third-order valence-electron chi connectivity index (χ3n) is 4.92. The summed E-state index contributed by atoms with van der Waals surface area (Å²) >= 11 is 0. The zero-order chi connectivity index (χ0) is 20.2. The average molecular weight is 516 g/mol. The number of esters is 1. The first-order valence-electron chi connectivity index (χ1n) is 9.95. The van der Waals surface area contributed by atoms with Crippen LogP contribution >= 0.6 is 24.0 Å². The Bertz CT molecular complexity index is 655. The molecule has 8 heteroatoms. The van der Waals surface area contributed by atoms with Crippen LogP contribution < -0.4 is 10.6 Å². The molecule has 1 aromatic carbocycles. The number of nitrogens with zero attached hydrogens (tertiary/aromatic N) is 2. The summed E-state index contributed by atoms with van der Waals surface area (Å²) < 4.78 is 4.63. The largest absolute Gasteiger partial charge is 0.469 e. The molecule has 0 aliphatic carbocycles. The highest BCUT2D eigenvalue weighted by Crippen LogP contribution is 2.17. The number of hydrogen-bond donors (Lipinski definition) is 2. The number of hydrogen-bond acceptors (Lipinski definition) is 4. The van der Waals surface area contributed by atoms with Crippen LogP contribution in [-0.2, 0) is 20.7 Å². The van der Waals surface area contributed by atoms with Gasteiger partial charge in [-0.15, -0.1) is 24.0 Å². The average Bonchev–Trinajstić information content (AvgIpc) is 3.08. The summed E-state index contributed by atoms with van der Waals surface area (Å²) in [5, 5.41) is 6.55. The molecule has 0 bridgehead atoms. The van der Waals surface area contributed by atoms with Gasteiger partial charge in [-0.3, -0.25) is 14.6 Å². The maximum absolute atomic E-state index is 12.3. The van der Waals surface area contributed by atoms with Crippen molar-refractivity contribution < 1.29 is 14.3 Å². The number of methoxy groups -OCH3 is 1. The van der Waals surface area contributed by atoms with Crippen molar-refractivity contribution in [2.45, 2.75) is 32.1 Å². The standard InChI is InChI=1S/C21H32N4O3.HI/c1-22-21(23-12-7-6-10-20(27)28-2)24-15-18-14-19(26)25(16-18)13-11-17-8-4-3-5-9-17;/h3-5,8-9,18H,6-7,10-16H2,1-2H3,(H2,22,23,24);1H. The lowest BCUT2D eigenvalue weighted by molar-refractivity contribution is -0.140. The Balaban J connectivity index is 0.00000420. The van der Waals surface area contributed by atoms with E-state index in [2.05, 4.69) is 32.5 Å². The van der Waals surface area contributed by atoms with Crippen LogP contribution in [0.1, 0.15) is 31.2 Å². The molecule has 0 spiro atoms. The number of guanidine groups is 1. The second kappa shape index (κ2) is 14.2. The van der Waals surface area contributed by atoms with E-state index in [9.17, 15) is 9.59 Å². The molecule has 0 radical (unpaired) electrons. The lowest BCUT2D eigenvalue weighted by Gasteiger charge is -2.18. The first kappa shape index (κ1) is 25.2. The minimum absolute atomic E-state index is 0. The van der Waals surface area contributed by atoms with Gasteiger partial charge in [0.25, 0.3) is 0 Å². The molecule has 1 saturated heterocycles. The van der Waals surface area contributed by atoms with E-state index in [0.717, 1.165) is 51.4 Å². The van der Waals surface area contributed by atoms with Crippen LogP contribution in [0.4, 0.5) is 0 Å². The molecule has 0 aromatic heterocycles. The van der Waals surface area contributed by atoms with Crippen LogP contribution in [-0.4, -0.2) is 63.1 Å². The Hall–Kier alpha value is -1.84. The molecule has 2 N–H and O–H groups in total. The highest BCUT2D eigenvalue weighted by molar-refractivity contribution is 14.0. The Labute approximate surface area is 190 Å². The van der Waals surface area contributed by atoms with E-state index in [1.807, 2.05) is 23.1 Å². The van der Waals surface area contributed by atoms with Gasteiger partial charge in [0.2, 0.25) is 5.91 Å². The SMILES string of the molecule is CN=C(NCCCCC(=O)OC)NCC1CC(=O)N(CCc2ccccc2)C1.I. The molecule has 1 aliphatic rings. The second-order valence-corrected chi connectivity index (χ2v) is 7.06. The van der Waals surface area contributed by atoms with Crippen LogP contribution in [0, 0.1) is 5.92 Å². The van der Waals surface area contributed by atoms with Crippen molar-refractivity contribution >= 4 is 41.8 Å². The molecule has 1 aromatic rings. The summed E-state index contributed by atoms with van der Waals surface area (Å²) in [7, 11) is 3.14. The number of likely N-dealkylation sites (tertiary alicyclic amines) is 1. The predicted octanol–water partition coefficient (Wildman–Crippen LogP) is 2.20. The highest BCUT2D eigenvalue weighted by atomic mass is 127. The minimum atomic E-state index is -0.176. The lowest BCUT2D eigenvalue weighted by atomic mass is 10.1. The summed E-state index contributed by atoms with van der Waals surface area (Å²) in [6.45, 7) is 3.01. The molecule has 7 nitrogen and oxygen atoms in total. The quantitative estimate of drug-likeness (QED) is 0.164. The first-order chi connectivity index (χ1) is 13.6. The number of amides is 1. The third kappa shape index (κ3) is 9.47.